The molecule has 1 N–H and O–H groups in total. The number of methoxy groups -OCH3 is 1. The van der Waals surface area contributed by atoms with E-state index in [2.05, 4.69) is 15.0 Å². The van der Waals surface area contributed by atoms with Gasteiger partial charge in [0.25, 0.3) is 0 Å². The molecular formula is C13H8FN5OS. The lowest BCUT2D eigenvalue weighted by Gasteiger charge is -2.06. The Morgan fingerprint density at radius 1 is 1.43 bits per heavy atom. The Labute approximate surface area is 123 Å². The number of hydrogen-bond donors (Lipinski definition) is 1. The summed E-state index contributed by atoms with van der Waals surface area (Å²) in [7, 11) is 1.48. The number of nitrogens with one attached hydrogen (secondary N) is 1. The van der Waals surface area contributed by atoms with Gasteiger partial charge in [-0.1, -0.05) is 0 Å². The second-order valence-corrected chi connectivity index (χ2v) is 4.51. The number of fused-ring (bicyclic) bond motifs is 1. The number of hydrogen-bond acceptors (Lipinski definition) is 5. The van der Waals surface area contributed by atoms with Gasteiger partial charge in [0.15, 0.2) is 10.4 Å². The van der Waals surface area contributed by atoms with Gasteiger partial charge in [0.1, 0.15) is 23.7 Å². The minimum Gasteiger partial charge on any atom is -0.479 e. The molecule has 0 fully saturated rings. The lowest BCUT2D eigenvalue weighted by atomic mass is 10.2. The lowest BCUT2D eigenvalue weighted by Crippen LogP contribution is -2.00. The van der Waals surface area contributed by atoms with Crippen molar-refractivity contribution in [2.45, 2.75) is 0 Å². The summed E-state index contributed by atoms with van der Waals surface area (Å²) in [6.45, 7) is 0. The van der Waals surface area contributed by atoms with Crippen molar-refractivity contribution in [3.8, 4) is 17.6 Å². The van der Waals surface area contributed by atoms with Crippen molar-refractivity contribution in [3.63, 3.8) is 0 Å². The summed E-state index contributed by atoms with van der Waals surface area (Å²) in [5, 5.41) is 9.17. The van der Waals surface area contributed by atoms with E-state index in [1.54, 1.807) is 4.57 Å². The first-order valence-electron chi connectivity index (χ1n) is 5.85. The van der Waals surface area contributed by atoms with Crippen molar-refractivity contribution >= 4 is 23.4 Å². The first kappa shape index (κ1) is 13.2. The van der Waals surface area contributed by atoms with Crippen molar-refractivity contribution < 1.29 is 9.13 Å². The second-order valence-electron chi connectivity index (χ2n) is 4.12. The quantitative estimate of drug-likeness (QED) is 0.736. The fraction of sp³-hybridized carbons (Fsp3) is 0.0769. The number of benzene rings is 1. The summed E-state index contributed by atoms with van der Waals surface area (Å²) in [6, 6.07) is 5.83. The van der Waals surface area contributed by atoms with Crippen LogP contribution in [-0.4, -0.2) is 26.6 Å². The molecule has 0 aliphatic carbocycles. The van der Waals surface area contributed by atoms with E-state index in [0.29, 0.717) is 27.5 Å². The van der Waals surface area contributed by atoms with Crippen LogP contribution in [0, 0.1) is 21.9 Å². The topological polar surface area (TPSA) is 79.5 Å². The Bertz CT molecular complexity index is 940. The normalized spacial score (nSPS) is 10.5. The van der Waals surface area contributed by atoms with Crippen LogP contribution in [0.4, 0.5) is 4.39 Å². The van der Waals surface area contributed by atoms with Crippen molar-refractivity contribution in [3.05, 3.63) is 40.7 Å². The van der Waals surface area contributed by atoms with E-state index in [-0.39, 0.29) is 5.56 Å². The molecule has 0 radical (unpaired) electrons. The largest absolute Gasteiger partial charge is 0.479 e. The average molecular weight is 301 g/mol. The first-order valence-corrected chi connectivity index (χ1v) is 6.26. The molecule has 2 heterocycles. The zero-order valence-electron chi connectivity index (χ0n) is 10.8. The van der Waals surface area contributed by atoms with Gasteiger partial charge in [0.05, 0.1) is 18.4 Å². The molecule has 8 heteroatoms. The Balaban J connectivity index is 2.39. The molecule has 104 valence electrons. The fourth-order valence-corrected chi connectivity index (χ4v) is 2.36. The predicted molar refractivity (Wildman–Crippen MR) is 75.3 cm³/mol. The van der Waals surface area contributed by atoms with Gasteiger partial charge in [0, 0.05) is 0 Å². The fourth-order valence-electron chi connectivity index (χ4n) is 2.07. The lowest BCUT2D eigenvalue weighted by molar-refractivity contribution is 0.401. The number of nitrogens with zero attached hydrogens (tertiary/aromatic N) is 4. The molecule has 2 aromatic heterocycles. The zero-order valence-corrected chi connectivity index (χ0v) is 11.6. The second kappa shape index (κ2) is 4.96. The monoisotopic (exact) mass is 301 g/mol. The van der Waals surface area contributed by atoms with E-state index in [1.165, 1.54) is 25.6 Å². The number of imidazole rings is 1. The van der Waals surface area contributed by atoms with Crippen molar-refractivity contribution in [2.24, 2.45) is 0 Å². The average Bonchev–Trinajstić information content (AvgIpc) is 2.83. The molecule has 3 rings (SSSR count). The van der Waals surface area contributed by atoms with Gasteiger partial charge in [0.2, 0.25) is 5.88 Å². The van der Waals surface area contributed by atoms with Crippen LogP contribution in [0.2, 0.25) is 0 Å². The number of nitriles is 1. The molecule has 0 aliphatic rings. The number of aromatic nitrogens is 4. The minimum absolute atomic E-state index is 0.157. The molecule has 0 aliphatic heterocycles. The minimum atomic E-state index is -0.492. The van der Waals surface area contributed by atoms with Gasteiger partial charge in [-0.05, 0) is 30.4 Å². The Hall–Kier alpha value is -2.79. The maximum atomic E-state index is 13.3. The number of aromatic amines is 1. The van der Waals surface area contributed by atoms with E-state index in [1.807, 2.05) is 6.07 Å². The van der Waals surface area contributed by atoms with Gasteiger partial charge in [-0.15, -0.1) is 0 Å². The molecular weight excluding hydrogens is 293 g/mol. The summed E-state index contributed by atoms with van der Waals surface area (Å²) in [4.78, 5) is 11.1. The summed E-state index contributed by atoms with van der Waals surface area (Å²) >= 11 is 5.26. The third-order valence-corrected chi connectivity index (χ3v) is 3.24. The molecule has 0 saturated heterocycles. The predicted octanol–water partition coefficient (Wildman–Crippen LogP) is 2.50. The van der Waals surface area contributed by atoms with Gasteiger partial charge in [-0.25, -0.2) is 9.37 Å². The van der Waals surface area contributed by atoms with E-state index in [4.69, 9.17) is 17.0 Å². The van der Waals surface area contributed by atoms with E-state index < -0.39 is 5.82 Å². The van der Waals surface area contributed by atoms with Crippen LogP contribution in [0.5, 0.6) is 5.88 Å². The van der Waals surface area contributed by atoms with Crippen LogP contribution in [0.25, 0.3) is 16.9 Å². The number of halogens is 1. The van der Waals surface area contributed by atoms with Crippen LogP contribution in [-0.2, 0) is 0 Å². The summed E-state index contributed by atoms with van der Waals surface area (Å²) in [6.07, 6.45) is 1.33. The smallest absolute Gasteiger partial charge is 0.242 e. The summed E-state index contributed by atoms with van der Waals surface area (Å²) < 4.78 is 20.3. The van der Waals surface area contributed by atoms with Crippen molar-refractivity contribution in [2.75, 3.05) is 7.11 Å². The Kier molecular flexibility index (Phi) is 3.12. The zero-order chi connectivity index (χ0) is 15.0. The third kappa shape index (κ3) is 2.04. The first-order chi connectivity index (χ1) is 10.2. The van der Waals surface area contributed by atoms with Crippen molar-refractivity contribution in [1.29, 1.82) is 5.26 Å². The highest BCUT2D eigenvalue weighted by molar-refractivity contribution is 7.71. The summed E-state index contributed by atoms with van der Waals surface area (Å²) in [5.74, 6) is -0.153. The summed E-state index contributed by atoms with van der Waals surface area (Å²) in [5.41, 5.74) is 1.56. The standard InChI is InChI=1S/C13H8FN5OS/c1-20-12-10-11(16-6-17-12)19(13(21)18-10)9-3-2-8(14)4-7(9)5-15/h2-4,6H,1H3,(H,18,21). The molecule has 6 nitrogen and oxygen atoms in total. The van der Waals surface area contributed by atoms with Gasteiger partial charge in [-0.2, -0.15) is 10.2 Å². The van der Waals surface area contributed by atoms with Crippen LogP contribution < -0.4 is 4.74 Å². The van der Waals surface area contributed by atoms with E-state index >= 15 is 0 Å². The van der Waals surface area contributed by atoms with Gasteiger partial charge >= 0.3 is 0 Å². The highest BCUT2D eigenvalue weighted by Gasteiger charge is 2.15. The van der Waals surface area contributed by atoms with Crippen LogP contribution >= 0.6 is 12.2 Å². The SMILES string of the molecule is COc1ncnc2c1[nH]c(=S)n2-c1ccc(F)cc1C#N. The van der Waals surface area contributed by atoms with Crippen LogP contribution in [0.3, 0.4) is 0 Å². The van der Waals surface area contributed by atoms with Crippen LogP contribution in [0.15, 0.2) is 24.5 Å². The molecule has 0 atom stereocenters. The Morgan fingerprint density at radius 2 is 2.24 bits per heavy atom. The van der Waals surface area contributed by atoms with Crippen LogP contribution in [0.1, 0.15) is 5.56 Å². The van der Waals surface area contributed by atoms with Gasteiger partial charge in [-0.3, -0.25) is 4.57 Å². The van der Waals surface area contributed by atoms with Crippen molar-refractivity contribution in [1.82, 2.24) is 19.5 Å². The molecule has 0 spiro atoms. The molecule has 0 amide bonds. The molecule has 0 unspecified atom stereocenters. The molecule has 0 saturated carbocycles. The van der Waals surface area contributed by atoms with E-state index in [9.17, 15) is 9.65 Å². The molecule has 0 bridgehead atoms. The third-order valence-electron chi connectivity index (χ3n) is 2.95. The maximum Gasteiger partial charge on any atom is 0.242 e. The maximum absolute atomic E-state index is 13.3. The molecule has 21 heavy (non-hydrogen) atoms. The van der Waals surface area contributed by atoms with E-state index in [0.717, 1.165) is 6.07 Å². The highest BCUT2D eigenvalue weighted by Crippen LogP contribution is 2.25. The number of rotatable bonds is 2. The molecule has 3 aromatic rings. The number of H-pyrrole nitrogens is 1. The number of ether oxygens (including phenoxy) is 1. The highest BCUT2D eigenvalue weighted by atomic mass is 32.1. The molecule has 1 aromatic carbocycles. The van der Waals surface area contributed by atoms with Gasteiger partial charge < -0.3 is 9.72 Å². The Morgan fingerprint density at radius 3 is 2.95 bits per heavy atom.